The molecule has 0 aliphatic carbocycles. The number of hydrogen-bond acceptors (Lipinski definition) is 1. The summed E-state index contributed by atoms with van der Waals surface area (Å²) >= 11 is 17.9. The third kappa shape index (κ3) is 4.33. The Morgan fingerprint density at radius 2 is 1.81 bits per heavy atom. The molecule has 1 unspecified atom stereocenters. The van der Waals surface area contributed by atoms with Crippen molar-refractivity contribution in [3.63, 3.8) is 0 Å². The predicted molar refractivity (Wildman–Crippen MR) is 88.0 cm³/mol. The first-order chi connectivity index (χ1) is 10.0. The normalized spacial score (nSPS) is 12.4. The number of nitrogens with one attached hydrogen (secondary N) is 1. The van der Waals surface area contributed by atoms with Crippen LogP contribution in [0.1, 0.15) is 24.1 Å². The maximum Gasteiger partial charge on any atom is 0.126 e. The molecule has 1 nitrogen and oxygen atoms in total. The molecule has 0 radical (unpaired) electrons. The summed E-state index contributed by atoms with van der Waals surface area (Å²) in [4.78, 5) is 0. The van der Waals surface area contributed by atoms with Gasteiger partial charge in [-0.1, -0.05) is 47.8 Å². The van der Waals surface area contributed by atoms with E-state index in [-0.39, 0.29) is 11.9 Å². The largest absolute Gasteiger partial charge is 0.310 e. The van der Waals surface area contributed by atoms with Gasteiger partial charge in [0, 0.05) is 11.1 Å². The third-order valence-corrected chi connectivity index (χ3v) is 4.20. The Labute approximate surface area is 139 Å². The Hall–Kier alpha value is -0.800. The molecule has 1 atom stereocenters. The molecule has 21 heavy (non-hydrogen) atoms. The second kappa shape index (κ2) is 7.46. The van der Waals surface area contributed by atoms with Gasteiger partial charge in [-0.05, 0) is 54.4 Å². The molecular formula is C16H15Cl3FN. The van der Waals surface area contributed by atoms with Crippen LogP contribution in [0.25, 0.3) is 0 Å². The fraction of sp³-hybridized carbons (Fsp3) is 0.250. The molecule has 2 rings (SSSR count). The second-order valence-corrected chi connectivity index (χ2v) is 5.97. The van der Waals surface area contributed by atoms with Gasteiger partial charge in [0.05, 0.1) is 10.0 Å². The molecule has 2 aromatic rings. The van der Waals surface area contributed by atoms with E-state index >= 15 is 0 Å². The van der Waals surface area contributed by atoms with E-state index in [2.05, 4.69) is 5.32 Å². The van der Waals surface area contributed by atoms with Crippen LogP contribution in [-0.2, 0) is 6.42 Å². The standard InChI is InChI=1S/C16H15Cl3FN/c1-2-21-16(10-3-5-13(18)14(19)8-10)9-11-7-12(17)4-6-15(11)20/h3-8,16,21H,2,9H2,1H3. The first kappa shape index (κ1) is 16.6. The van der Waals surface area contributed by atoms with E-state index in [1.165, 1.54) is 6.07 Å². The zero-order chi connectivity index (χ0) is 15.4. The monoisotopic (exact) mass is 345 g/mol. The van der Waals surface area contributed by atoms with E-state index in [1.54, 1.807) is 24.3 Å². The Morgan fingerprint density at radius 3 is 2.48 bits per heavy atom. The lowest BCUT2D eigenvalue weighted by Gasteiger charge is -2.19. The van der Waals surface area contributed by atoms with Crippen LogP contribution in [0.3, 0.4) is 0 Å². The quantitative estimate of drug-likeness (QED) is 0.734. The molecule has 1 N–H and O–H groups in total. The molecule has 0 fully saturated rings. The Morgan fingerprint density at radius 1 is 1.05 bits per heavy atom. The number of halogens is 4. The van der Waals surface area contributed by atoms with Crippen LogP contribution in [0.2, 0.25) is 15.1 Å². The van der Waals surface area contributed by atoms with Gasteiger partial charge in [-0.25, -0.2) is 4.39 Å². The highest BCUT2D eigenvalue weighted by atomic mass is 35.5. The van der Waals surface area contributed by atoms with Crippen LogP contribution in [0.4, 0.5) is 4.39 Å². The summed E-state index contributed by atoms with van der Waals surface area (Å²) in [6.07, 6.45) is 0.484. The molecule has 0 spiro atoms. The van der Waals surface area contributed by atoms with Crippen molar-refractivity contribution in [2.24, 2.45) is 0 Å². The zero-order valence-electron chi connectivity index (χ0n) is 11.5. The van der Waals surface area contributed by atoms with Gasteiger partial charge in [0.1, 0.15) is 5.82 Å². The minimum Gasteiger partial charge on any atom is -0.310 e. The molecule has 0 heterocycles. The van der Waals surface area contributed by atoms with Crippen LogP contribution in [0.5, 0.6) is 0 Å². The van der Waals surface area contributed by atoms with Crippen molar-refractivity contribution in [2.75, 3.05) is 6.54 Å². The molecule has 0 aliphatic heterocycles. The van der Waals surface area contributed by atoms with Crippen molar-refractivity contribution in [1.82, 2.24) is 5.32 Å². The highest BCUT2D eigenvalue weighted by Crippen LogP contribution is 2.28. The van der Waals surface area contributed by atoms with E-state index in [1.807, 2.05) is 13.0 Å². The molecular weight excluding hydrogens is 332 g/mol. The van der Waals surface area contributed by atoms with Crippen molar-refractivity contribution in [3.8, 4) is 0 Å². The highest BCUT2D eigenvalue weighted by Gasteiger charge is 2.15. The first-order valence-corrected chi connectivity index (χ1v) is 7.77. The lowest BCUT2D eigenvalue weighted by Crippen LogP contribution is -2.23. The third-order valence-electron chi connectivity index (χ3n) is 3.23. The predicted octanol–water partition coefficient (Wildman–Crippen LogP) is 5.68. The Balaban J connectivity index is 2.30. The lowest BCUT2D eigenvalue weighted by molar-refractivity contribution is 0.528. The fourth-order valence-electron chi connectivity index (χ4n) is 2.20. The minimum atomic E-state index is -0.262. The van der Waals surface area contributed by atoms with E-state index in [0.29, 0.717) is 27.1 Å². The first-order valence-electron chi connectivity index (χ1n) is 6.63. The molecule has 2 aromatic carbocycles. The average molecular weight is 347 g/mol. The van der Waals surface area contributed by atoms with Crippen molar-refractivity contribution >= 4 is 34.8 Å². The summed E-state index contributed by atoms with van der Waals surface area (Å²) in [5.74, 6) is -0.262. The van der Waals surface area contributed by atoms with Crippen LogP contribution in [0.15, 0.2) is 36.4 Å². The Kier molecular flexibility index (Phi) is 5.88. The van der Waals surface area contributed by atoms with E-state index in [0.717, 1.165) is 12.1 Å². The summed E-state index contributed by atoms with van der Waals surface area (Å²) in [7, 11) is 0. The van der Waals surface area contributed by atoms with Gasteiger partial charge in [-0.3, -0.25) is 0 Å². The smallest absolute Gasteiger partial charge is 0.126 e. The van der Waals surface area contributed by atoms with Gasteiger partial charge in [-0.15, -0.1) is 0 Å². The highest BCUT2D eigenvalue weighted by molar-refractivity contribution is 6.42. The second-order valence-electron chi connectivity index (χ2n) is 4.72. The Bertz CT molecular complexity index is 631. The summed E-state index contributed by atoms with van der Waals surface area (Å²) in [5.41, 5.74) is 1.53. The number of rotatable bonds is 5. The summed E-state index contributed by atoms with van der Waals surface area (Å²) in [6, 6.07) is 9.97. The summed E-state index contributed by atoms with van der Waals surface area (Å²) in [5, 5.41) is 4.85. The van der Waals surface area contributed by atoms with Gasteiger partial charge >= 0.3 is 0 Å². The summed E-state index contributed by atoms with van der Waals surface area (Å²) in [6.45, 7) is 2.76. The fourth-order valence-corrected chi connectivity index (χ4v) is 2.70. The van der Waals surface area contributed by atoms with Gasteiger partial charge < -0.3 is 5.32 Å². The summed E-state index contributed by atoms with van der Waals surface area (Å²) < 4.78 is 13.9. The van der Waals surface area contributed by atoms with E-state index in [9.17, 15) is 4.39 Å². The van der Waals surface area contributed by atoms with E-state index in [4.69, 9.17) is 34.8 Å². The number of benzene rings is 2. The maximum absolute atomic E-state index is 13.9. The number of likely N-dealkylation sites (N-methyl/N-ethyl adjacent to an activating group) is 1. The van der Waals surface area contributed by atoms with Gasteiger partial charge in [0.25, 0.3) is 0 Å². The lowest BCUT2D eigenvalue weighted by atomic mass is 9.98. The maximum atomic E-state index is 13.9. The molecule has 0 aliphatic rings. The van der Waals surface area contributed by atoms with Crippen LogP contribution >= 0.6 is 34.8 Å². The molecule has 0 saturated carbocycles. The van der Waals surface area contributed by atoms with Crippen molar-refractivity contribution in [3.05, 3.63) is 68.4 Å². The minimum absolute atomic E-state index is 0.0577. The van der Waals surface area contributed by atoms with Crippen molar-refractivity contribution in [1.29, 1.82) is 0 Å². The van der Waals surface area contributed by atoms with Gasteiger partial charge in [0.2, 0.25) is 0 Å². The van der Waals surface area contributed by atoms with Crippen molar-refractivity contribution < 1.29 is 4.39 Å². The molecule has 0 aromatic heterocycles. The molecule has 0 saturated heterocycles. The van der Waals surface area contributed by atoms with Crippen LogP contribution in [-0.4, -0.2) is 6.54 Å². The number of hydrogen-bond donors (Lipinski definition) is 1. The topological polar surface area (TPSA) is 12.0 Å². The van der Waals surface area contributed by atoms with Gasteiger partial charge in [-0.2, -0.15) is 0 Å². The molecule has 0 bridgehead atoms. The molecule has 112 valence electrons. The molecule has 5 heteroatoms. The van der Waals surface area contributed by atoms with Crippen LogP contribution in [0, 0.1) is 5.82 Å². The van der Waals surface area contributed by atoms with Crippen LogP contribution < -0.4 is 5.32 Å². The average Bonchev–Trinajstić information content (AvgIpc) is 2.45. The van der Waals surface area contributed by atoms with Gasteiger partial charge in [0.15, 0.2) is 0 Å². The SMILES string of the molecule is CCNC(Cc1cc(Cl)ccc1F)c1ccc(Cl)c(Cl)c1. The zero-order valence-corrected chi connectivity index (χ0v) is 13.7. The molecule has 0 amide bonds. The van der Waals surface area contributed by atoms with Crippen molar-refractivity contribution in [2.45, 2.75) is 19.4 Å². The van der Waals surface area contributed by atoms with E-state index < -0.39 is 0 Å².